The molecule has 3 nitrogen and oxygen atoms in total. The molecule has 0 fully saturated rings. The van der Waals surface area contributed by atoms with Crippen molar-refractivity contribution >= 4 is 34.8 Å². The zero-order valence-electron chi connectivity index (χ0n) is 12.8. The minimum absolute atomic E-state index is 0.201. The number of carbonyl (C=O) groups excluding carboxylic acids is 2. The predicted octanol–water partition coefficient (Wildman–Crippen LogP) is 5.56. The average Bonchev–Trinajstić information content (AvgIpc) is 2.63. The summed E-state index contributed by atoms with van der Waals surface area (Å²) in [5.41, 5.74) is 1.33. The Labute approximate surface area is 153 Å². The Balaban J connectivity index is 1.87. The Morgan fingerprint density at radius 3 is 2.00 bits per heavy atom. The highest BCUT2D eigenvalue weighted by Gasteiger charge is 2.32. The number of hydrogen-bond donors (Lipinski definition) is 0. The number of rotatable bonds is 2. The lowest BCUT2D eigenvalue weighted by molar-refractivity contribution is 0.0977. The number of halogens is 2. The van der Waals surface area contributed by atoms with Crippen LogP contribution in [0.1, 0.15) is 31.8 Å². The topological polar surface area (TPSA) is 43.4 Å². The molecule has 3 aromatic carbocycles. The molecule has 0 saturated carbocycles. The summed E-state index contributed by atoms with van der Waals surface area (Å²) in [5.74, 6) is 0.142. The number of ether oxygens (including phenoxy) is 1. The van der Waals surface area contributed by atoms with Crippen molar-refractivity contribution in [2.45, 2.75) is 0 Å². The molecule has 0 atom stereocenters. The minimum Gasteiger partial charge on any atom is -0.455 e. The Morgan fingerprint density at radius 2 is 1.24 bits per heavy atom. The van der Waals surface area contributed by atoms with Crippen molar-refractivity contribution in [3.8, 4) is 11.5 Å². The third-order valence-electron chi connectivity index (χ3n) is 4.05. The highest BCUT2D eigenvalue weighted by atomic mass is 35.5. The molecule has 1 aliphatic rings. The van der Waals surface area contributed by atoms with Gasteiger partial charge in [0.1, 0.15) is 16.5 Å². The van der Waals surface area contributed by atoms with Gasteiger partial charge >= 0.3 is 0 Å². The van der Waals surface area contributed by atoms with Crippen molar-refractivity contribution in [1.82, 2.24) is 0 Å². The monoisotopic (exact) mass is 368 g/mol. The Hall–Kier alpha value is -2.62. The number of benzene rings is 3. The van der Waals surface area contributed by atoms with E-state index in [9.17, 15) is 9.59 Å². The average molecular weight is 369 g/mol. The van der Waals surface area contributed by atoms with Gasteiger partial charge in [-0.25, -0.2) is 0 Å². The van der Waals surface area contributed by atoms with Gasteiger partial charge in [0.05, 0.1) is 10.6 Å². The fourth-order valence-electron chi connectivity index (χ4n) is 2.88. The minimum atomic E-state index is -0.251. The molecule has 0 unspecified atom stereocenters. The van der Waals surface area contributed by atoms with E-state index in [4.69, 9.17) is 27.9 Å². The molecule has 0 aliphatic heterocycles. The highest BCUT2D eigenvalue weighted by molar-refractivity contribution is 6.43. The molecule has 0 aromatic heterocycles. The third kappa shape index (κ3) is 2.53. The summed E-state index contributed by atoms with van der Waals surface area (Å²) in [5, 5.41) is 0.591. The second kappa shape index (κ2) is 6.03. The van der Waals surface area contributed by atoms with Crippen LogP contribution >= 0.6 is 23.2 Å². The third-order valence-corrected chi connectivity index (χ3v) is 4.85. The first-order valence-electron chi connectivity index (χ1n) is 7.51. The number of fused-ring (bicyclic) bond motifs is 2. The van der Waals surface area contributed by atoms with Gasteiger partial charge in [0.15, 0.2) is 11.6 Å². The molecule has 4 rings (SSSR count). The maximum atomic E-state index is 12.9. The van der Waals surface area contributed by atoms with Crippen molar-refractivity contribution in [2.75, 3.05) is 0 Å². The molecule has 5 heteroatoms. The van der Waals surface area contributed by atoms with Crippen molar-refractivity contribution in [3.63, 3.8) is 0 Å². The second-order valence-corrected chi connectivity index (χ2v) is 6.32. The van der Waals surface area contributed by atoms with Gasteiger partial charge in [-0.15, -0.1) is 0 Å². The lowest BCUT2D eigenvalue weighted by atomic mass is 9.83. The molecular weight excluding hydrogens is 359 g/mol. The summed E-state index contributed by atoms with van der Waals surface area (Å²) in [6, 6.07) is 16.7. The van der Waals surface area contributed by atoms with Gasteiger partial charge < -0.3 is 4.74 Å². The van der Waals surface area contributed by atoms with E-state index in [0.717, 1.165) is 0 Å². The highest BCUT2D eigenvalue weighted by Crippen LogP contribution is 2.39. The summed E-state index contributed by atoms with van der Waals surface area (Å²) < 4.78 is 5.83. The molecule has 0 spiro atoms. The molecule has 0 amide bonds. The van der Waals surface area contributed by atoms with Crippen LogP contribution in [0.3, 0.4) is 0 Å². The molecule has 3 aromatic rings. The van der Waals surface area contributed by atoms with E-state index in [-0.39, 0.29) is 27.9 Å². The van der Waals surface area contributed by atoms with Crippen LogP contribution in [-0.4, -0.2) is 11.6 Å². The van der Waals surface area contributed by atoms with Gasteiger partial charge in [0.25, 0.3) is 0 Å². The van der Waals surface area contributed by atoms with Crippen LogP contribution in [0.25, 0.3) is 0 Å². The van der Waals surface area contributed by atoms with Gasteiger partial charge in [0.2, 0.25) is 0 Å². The maximum absolute atomic E-state index is 12.9. The molecule has 122 valence electrons. The smallest absolute Gasteiger partial charge is 0.198 e. The molecule has 0 saturated heterocycles. The fraction of sp³-hybridized carbons (Fsp3) is 0. The number of ketones is 2. The van der Waals surface area contributed by atoms with Crippen LogP contribution in [0, 0.1) is 0 Å². The van der Waals surface area contributed by atoms with Crippen molar-refractivity contribution in [2.24, 2.45) is 0 Å². The first-order chi connectivity index (χ1) is 12.1. The lowest BCUT2D eigenvalue weighted by Crippen LogP contribution is -2.21. The Kier molecular flexibility index (Phi) is 3.83. The van der Waals surface area contributed by atoms with Crippen molar-refractivity contribution in [3.05, 3.63) is 93.0 Å². The molecule has 0 N–H and O–H groups in total. The van der Waals surface area contributed by atoms with Crippen LogP contribution < -0.4 is 4.74 Å². The maximum Gasteiger partial charge on any atom is 0.198 e. The Bertz CT molecular complexity index is 1040. The summed E-state index contributed by atoms with van der Waals surface area (Å²) in [4.78, 5) is 25.6. The Morgan fingerprint density at radius 1 is 0.640 bits per heavy atom. The quantitative estimate of drug-likeness (QED) is 0.465. The van der Waals surface area contributed by atoms with E-state index >= 15 is 0 Å². The number of hydrogen-bond acceptors (Lipinski definition) is 3. The van der Waals surface area contributed by atoms with E-state index in [0.29, 0.717) is 27.5 Å². The molecule has 0 radical (unpaired) electrons. The van der Waals surface area contributed by atoms with E-state index < -0.39 is 0 Å². The van der Waals surface area contributed by atoms with Crippen LogP contribution in [0.2, 0.25) is 10.0 Å². The first-order valence-corrected chi connectivity index (χ1v) is 8.27. The van der Waals surface area contributed by atoms with E-state index in [1.165, 1.54) is 0 Å². The van der Waals surface area contributed by atoms with Crippen LogP contribution in [0.4, 0.5) is 0 Å². The van der Waals surface area contributed by atoms with Crippen molar-refractivity contribution in [1.29, 1.82) is 0 Å². The summed E-state index contributed by atoms with van der Waals surface area (Å²) in [6.45, 7) is 0. The zero-order chi connectivity index (χ0) is 17.6. The summed E-state index contributed by atoms with van der Waals surface area (Å²) >= 11 is 12.2. The normalized spacial score (nSPS) is 12.6. The predicted molar refractivity (Wildman–Crippen MR) is 96.3 cm³/mol. The molecule has 25 heavy (non-hydrogen) atoms. The van der Waals surface area contributed by atoms with E-state index in [2.05, 4.69) is 0 Å². The lowest BCUT2D eigenvalue weighted by Gasteiger charge is -2.20. The number of carbonyl (C=O) groups is 2. The first kappa shape index (κ1) is 15.9. The second-order valence-electron chi connectivity index (χ2n) is 5.54. The van der Waals surface area contributed by atoms with E-state index in [1.807, 2.05) is 0 Å². The summed E-state index contributed by atoms with van der Waals surface area (Å²) in [6.07, 6.45) is 0. The van der Waals surface area contributed by atoms with Crippen LogP contribution in [0.15, 0.2) is 60.7 Å². The molecular formula is C20H10Cl2O3. The van der Waals surface area contributed by atoms with Crippen LogP contribution in [0.5, 0.6) is 11.5 Å². The molecule has 0 bridgehead atoms. The van der Waals surface area contributed by atoms with Gasteiger partial charge in [0, 0.05) is 16.7 Å². The summed E-state index contributed by atoms with van der Waals surface area (Å²) in [7, 11) is 0. The SMILES string of the molecule is O=C1c2ccccc2C(=O)c2c(Oc3cccc(Cl)c3Cl)cccc21. The fourth-order valence-corrected chi connectivity index (χ4v) is 3.21. The standard InChI is InChI=1S/C20H10Cl2O3/c21-14-8-4-10-16(18(14)22)25-15-9-3-7-13-17(15)20(24)12-6-2-1-5-11(12)19(13)23/h1-10H. The van der Waals surface area contributed by atoms with Crippen LogP contribution in [-0.2, 0) is 0 Å². The zero-order valence-corrected chi connectivity index (χ0v) is 14.3. The molecule has 1 aliphatic carbocycles. The van der Waals surface area contributed by atoms with Gasteiger partial charge in [-0.05, 0) is 18.2 Å². The van der Waals surface area contributed by atoms with Gasteiger partial charge in [-0.1, -0.05) is 65.7 Å². The van der Waals surface area contributed by atoms with Gasteiger partial charge in [-0.3, -0.25) is 9.59 Å². The largest absolute Gasteiger partial charge is 0.455 e. The molecule has 0 heterocycles. The van der Waals surface area contributed by atoms with Gasteiger partial charge in [-0.2, -0.15) is 0 Å². The van der Waals surface area contributed by atoms with E-state index in [1.54, 1.807) is 60.7 Å². The van der Waals surface area contributed by atoms with Crippen molar-refractivity contribution < 1.29 is 14.3 Å².